The van der Waals surface area contributed by atoms with Crippen LogP contribution in [0.4, 0.5) is 10.1 Å². The van der Waals surface area contributed by atoms with Gasteiger partial charge in [0.25, 0.3) is 0 Å². The van der Waals surface area contributed by atoms with E-state index in [4.69, 9.17) is 9.47 Å². The van der Waals surface area contributed by atoms with Gasteiger partial charge in [-0.25, -0.2) is 4.39 Å². The summed E-state index contributed by atoms with van der Waals surface area (Å²) in [6, 6.07) is 10.8. The fraction of sp³-hybridized carbons (Fsp3) is 0.182. The summed E-state index contributed by atoms with van der Waals surface area (Å²) in [7, 11) is 3.03. The first-order valence-corrected chi connectivity index (χ1v) is 8.83. The summed E-state index contributed by atoms with van der Waals surface area (Å²) < 4.78 is 23.9. The van der Waals surface area contributed by atoms with Gasteiger partial charge >= 0.3 is 0 Å². The van der Waals surface area contributed by atoms with Crippen molar-refractivity contribution >= 4 is 23.6 Å². The van der Waals surface area contributed by atoms with Gasteiger partial charge in [-0.05, 0) is 42.0 Å². The smallest absolute Gasteiger partial charge is 0.246 e. The molecule has 2 aromatic carbocycles. The maximum Gasteiger partial charge on any atom is 0.246 e. The molecule has 0 atom stereocenters. The number of halogens is 1. The molecule has 0 saturated heterocycles. The number of ether oxygens (including phenoxy) is 2. The SMILES string of the molecule is C=CCOc1ccc(/C=C/C(=O)N(C)CC(=O)Nc2cccc(F)c2)cc1OC. The van der Waals surface area contributed by atoms with Crippen LogP contribution in [0, 0.1) is 5.82 Å². The molecule has 0 radical (unpaired) electrons. The van der Waals surface area contributed by atoms with Gasteiger partial charge < -0.3 is 19.7 Å². The van der Waals surface area contributed by atoms with Crippen LogP contribution in [-0.2, 0) is 9.59 Å². The molecule has 2 rings (SSSR count). The van der Waals surface area contributed by atoms with Crippen molar-refractivity contribution in [3.8, 4) is 11.5 Å². The molecule has 0 aromatic heterocycles. The molecular weight excluding hydrogens is 375 g/mol. The number of hydrogen-bond donors (Lipinski definition) is 1. The van der Waals surface area contributed by atoms with E-state index >= 15 is 0 Å². The van der Waals surface area contributed by atoms with Crippen molar-refractivity contribution in [3.05, 3.63) is 72.6 Å². The minimum Gasteiger partial charge on any atom is -0.493 e. The Morgan fingerprint density at radius 2 is 2.00 bits per heavy atom. The predicted molar refractivity (Wildman–Crippen MR) is 110 cm³/mol. The first-order valence-electron chi connectivity index (χ1n) is 8.83. The second-order valence-electron chi connectivity index (χ2n) is 6.10. The number of likely N-dealkylation sites (N-methyl/N-ethyl adjacent to an activating group) is 1. The van der Waals surface area contributed by atoms with E-state index in [1.807, 2.05) is 0 Å². The highest BCUT2D eigenvalue weighted by atomic mass is 19.1. The summed E-state index contributed by atoms with van der Waals surface area (Å²) in [4.78, 5) is 25.5. The maximum absolute atomic E-state index is 13.2. The van der Waals surface area contributed by atoms with Gasteiger partial charge in [-0.2, -0.15) is 0 Å². The first kappa shape index (κ1) is 21.7. The number of carbonyl (C=O) groups is 2. The quantitative estimate of drug-likeness (QED) is 0.519. The van der Waals surface area contributed by atoms with Crippen LogP contribution in [0.15, 0.2) is 61.2 Å². The van der Waals surface area contributed by atoms with Crippen LogP contribution in [-0.4, -0.2) is 44.0 Å². The van der Waals surface area contributed by atoms with Gasteiger partial charge in [-0.1, -0.05) is 24.8 Å². The zero-order chi connectivity index (χ0) is 21.2. The Kier molecular flexibility index (Phi) is 7.97. The van der Waals surface area contributed by atoms with E-state index < -0.39 is 11.7 Å². The lowest BCUT2D eigenvalue weighted by Gasteiger charge is -2.15. The van der Waals surface area contributed by atoms with Crippen LogP contribution in [0.25, 0.3) is 6.08 Å². The molecule has 7 heteroatoms. The summed E-state index contributed by atoms with van der Waals surface area (Å²) in [6.07, 6.45) is 4.60. The Morgan fingerprint density at radius 3 is 2.69 bits per heavy atom. The average Bonchev–Trinajstić information content (AvgIpc) is 2.70. The number of hydrogen-bond acceptors (Lipinski definition) is 4. The highest BCUT2D eigenvalue weighted by molar-refractivity contribution is 5.97. The van der Waals surface area contributed by atoms with Crippen molar-refractivity contribution in [1.82, 2.24) is 4.90 Å². The second-order valence-corrected chi connectivity index (χ2v) is 6.10. The minimum absolute atomic E-state index is 0.169. The molecule has 0 bridgehead atoms. The number of benzene rings is 2. The number of nitrogens with one attached hydrogen (secondary N) is 1. The average molecular weight is 398 g/mol. The summed E-state index contributed by atoms with van der Waals surface area (Å²) in [5.74, 6) is -0.131. The van der Waals surface area contributed by atoms with E-state index in [0.717, 1.165) is 5.56 Å². The van der Waals surface area contributed by atoms with Gasteiger partial charge in [0.05, 0.1) is 13.7 Å². The largest absolute Gasteiger partial charge is 0.493 e. The molecular formula is C22H23FN2O4. The monoisotopic (exact) mass is 398 g/mol. The maximum atomic E-state index is 13.2. The first-order chi connectivity index (χ1) is 13.9. The molecule has 0 aliphatic rings. The van der Waals surface area contributed by atoms with Crippen molar-refractivity contribution in [2.75, 3.05) is 32.6 Å². The lowest BCUT2D eigenvalue weighted by molar-refractivity contribution is -0.129. The molecule has 0 fully saturated rings. The molecule has 6 nitrogen and oxygen atoms in total. The van der Waals surface area contributed by atoms with E-state index in [9.17, 15) is 14.0 Å². The molecule has 2 aromatic rings. The molecule has 0 aliphatic heterocycles. The topological polar surface area (TPSA) is 67.9 Å². The third-order valence-electron chi connectivity index (χ3n) is 3.83. The highest BCUT2D eigenvalue weighted by Gasteiger charge is 2.11. The summed E-state index contributed by atoms with van der Waals surface area (Å²) in [5, 5.41) is 2.55. The standard InChI is InChI=1S/C22H23FN2O4/c1-4-12-29-19-10-8-16(13-20(19)28-3)9-11-22(27)25(2)15-21(26)24-18-7-5-6-17(23)14-18/h4-11,13-14H,1,12,15H2,2-3H3,(H,24,26)/b11-9+. The number of rotatable bonds is 9. The van der Waals surface area contributed by atoms with Gasteiger partial charge in [0.15, 0.2) is 11.5 Å². The summed E-state index contributed by atoms with van der Waals surface area (Å²) in [6.45, 7) is 3.78. The number of anilines is 1. The lowest BCUT2D eigenvalue weighted by Crippen LogP contribution is -2.33. The van der Waals surface area contributed by atoms with Crippen LogP contribution >= 0.6 is 0 Å². The fourth-order valence-electron chi connectivity index (χ4n) is 2.41. The van der Waals surface area contributed by atoms with Gasteiger partial charge in [-0.3, -0.25) is 9.59 Å². The van der Waals surface area contributed by atoms with Gasteiger partial charge in [0, 0.05) is 18.8 Å². The predicted octanol–water partition coefficient (Wildman–Crippen LogP) is 3.51. The molecule has 0 heterocycles. The van der Waals surface area contributed by atoms with Crippen molar-refractivity contribution in [1.29, 1.82) is 0 Å². The van der Waals surface area contributed by atoms with Crippen molar-refractivity contribution in [2.45, 2.75) is 0 Å². The van der Waals surface area contributed by atoms with E-state index in [2.05, 4.69) is 11.9 Å². The Balaban J connectivity index is 1.95. The zero-order valence-corrected chi connectivity index (χ0v) is 16.4. The Bertz CT molecular complexity index is 911. The van der Waals surface area contributed by atoms with Crippen LogP contribution < -0.4 is 14.8 Å². The number of amides is 2. The molecule has 0 aliphatic carbocycles. The molecule has 29 heavy (non-hydrogen) atoms. The number of nitrogens with zero attached hydrogens (tertiary/aromatic N) is 1. The Hall–Kier alpha value is -3.61. The normalized spacial score (nSPS) is 10.4. The van der Waals surface area contributed by atoms with E-state index in [-0.39, 0.29) is 12.5 Å². The third-order valence-corrected chi connectivity index (χ3v) is 3.83. The van der Waals surface area contributed by atoms with Gasteiger partial charge in [-0.15, -0.1) is 0 Å². The van der Waals surface area contributed by atoms with Crippen molar-refractivity contribution in [2.24, 2.45) is 0 Å². The Morgan fingerprint density at radius 1 is 1.21 bits per heavy atom. The van der Waals surface area contributed by atoms with E-state index in [0.29, 0.717) is 23.8 Å². The fourth-order valence-corrected chi connectivity index (χ4v) is 2.41. The summed E-state index contributed by atoms with van der Waals surface area (Å²) >= 11 is 0. The molecule has 1 N–H and O–H groups in total. The molecule has 0 saturated carbocycles. The van der Waals surface area contributed by atoms with Crippen LogP contribution in [0.2, 0.25) is 0 Å². The lowest BCUT2D eigenvalue weighted by atomic mass is 10.2. The third kappa shape index (κ3) is 6.80. The van der Waals surface area contributed by atoms with Gasteiger partial charge in [0.2, 0.25) is 11.8 Å². The van der Waals surface area contributed by atoms with Crippen molar-refractivity contribution in [3.63, 3.8) is 0 Å². The number of methoxy groups -OCH3 is 1. The van der Waals surface area contributed by atoms with Crippen LogP contribution in [0.5, 0.6) is 11.5 Å². The van der Waals surface area contributed by atoms with Crippen LogP contribution in [0.3, 0.4) is 0 Å². The summed E-state index contributed by atoms with van der Waals surface area (Å²) in [5.41, 5.74) is 1.07. The van der Waals surface area contributed by atoms with Gasteiger partial charge in [0.1, 0.15) is 12.4 Å². The number of carbonyl (C=O) groups excluding carboxylic acids is 2. The van der Waals surface area contributed by atoms with E-state index in [1.54, 1.807) is 36.4 Å². The van der Waals surface area contributed by atoms with Crippen molar-refractivity contribution < 1.29 is 23.5 Å². The minimum atomic E-state index is -0.452. The van der Waals surface area contributed by atoms with E-state index in [1.165, 1.54) is 43.3 Å². The Labute approximate surface area is 169 Å². The highest BCUT2D eigenvalue weighted by Crippen LogP contribution is 2.28. The second kappa shape index (κ2) is 10.7. The molecule has 152 valence electrons. The zero-order valence-electron chi connectivity index (χ0n) is 16.4. The molecule has 0 unspecified atom stereocenters. The molecule has 2 amide bonds. The molecule has 0 spiro atoms. The van der Waals surface area contributed by atoms with Crippen LogP contribution in [0.1, 0.15) is 5.56 Å².